The molecule has 6 heteroatoms. The van der Waals surface area contributed by atoms with Gasteiger partial charge in [-0.25, -0.2) is 4.79 Å². The van der Waals surface area contributed by atoms with Crippen molar-refractivity contribution in [2.75, 3.05) is 18.4 Å². The molecular weight excluding hydrogens is 287 g/mol. The van der Waals surface area contributed by atoms with Crippen LogP contribution in [0.1, 0.15) is 19.8 Å². The Morgan fingerprint density at radius 1 is 1.37 bits per heavy atom. The van der Waals surface area contributed by atoms with Crippen LogP contribution in [0.15, 0.2) is 18.2 Å². The number of carbonyl (C=O) groups is 1. The molecule has 2 N–H and O–H groups in total. The molecule has 2 rings (SSSR count). The van der Waals surface area contributed by atoms with E-state index in [2.05, 4.69) is 5.32 Å². The lowest BCUT2D eigenvalue weighted by Crippen LogP contribution is -2.49. The molecule has 2 amide bonds. The number of likely N-dealkylation sites (tertiary alicyclic amines) is 1. The highest BCUT2D eigenvalue weighted by atomic mass is 35.5. The van der Waals surface area contributed by atoms with E-state index in [4.69, 9.17) is 23.2 Å². The monoisotopic (exact) mass is 302 g/mol. The second kappa shape index (κ2) is 5.57. The standard InChI is InChI=1S/C13H16Cl2N2O2/c1-13(19)3-2-4-17(8-13)12(18)16-11-6-9(14)5-10(15)7-11/h5-7,19H,2-4,8H2,1H3,(H,16,18). The van der Waals surface area contributed by atoms with Crippen LogP contribution in [0.3, 0.4) is 0 Å². The fraction of sp³-hybridized carbons (Fsp3) is 0.462. The predicted octanol–water partition coefficient (Wildman–Crippen LogP) is 3.37. The second-order valence-electron chi connectivity index (χ2n) is 5.11. The van der Waals surface area contributed by atoms with Crippen LogP contribution in [-0.2, 0) is 0 Å². The summed E-state index contributed by atoms with van der Waals surface area (Å²) in [6.45, 7) is 2.70. The lowest BCUT2D eigenvalue weighted by atomic mass is 9.95. The predicted molar refractivity (Wildman–Crippen MR) is 76.9 cm³/mol. The van der Waals surface area contributed by atoms with E-state index >= 15 is 0 Å². The topological polar surface area (TPSA) is 52.6 Å². The van der Waals surface area contributed by atoms with Gasteiger partial charge in [-0.05, 0) is 38.0 Å². The second-order valence-corrected chi connectivity index (χ2v) is 5.98. The van der Waals surface area contributed by atoms with Crippen molar-refractivity contribution < 1.29 is 9.90 Å². The number of nitrogens with one attached hydrogen (secondary N) is 1. The number of halogens is 2. The average molecular weight is 303 g/mol. The van der Waals surface area contributed by atoms with Crippen molar-refractivity contribution in [2.24, 2.45) is 0 Å². The van der Waals surface area contributed by atoms with Crippen molar-refractivity contribution in [3.05, 3.63) is 28.2 Å². The molecular formula is C13H16Cl2N2O2. The van der Waals surface area contributed by atoms with Gasteiger partial charge in [-0.2, -0.15) is 0 Å². The van der Waals surface area contributed by atoms with Gasteiger partial charge in [0.2, 0.25) is 0 Å². The summed E-state index contributed by atoms with van der Waals surface area (Å²) < 4.78 is 0. The lowest BCUT2D eigenvalue weighted by Gasteiger charge is -2.36. The molecule has 1 aliphatic rings. The van der Waals surface area contributed by atoms with Crippen LogP contribution < -0.4 is 5.32 Å². The first-order chi connectivity index (χ1) is 8.85. The summed E-state index contributed by atoms with van der Waals surface area (Å²) in [5.41, 5.74) is -0.269. The number of β-amino-alcohol motifs (C(OH)–C–C–N with tert-alkyl or cyclic N) is 1. The summed E-state index contributed by atoms with van der Waals surface area (Å²) in [5, 5.41) is 13.7. The average Bonchev–Trinajstić information content (AvgIpc) is 2.25. The van der Waals surface area contributed by atoms with E-state index in [9.17, 15) is 9.90 Å². The zero-order valence-corrected chi connectivity index (χ0v) is 12.1. The molecule has 0 radical (unpaired) electrons. The molecule has 104 valence electrons. The number of benzene rings is 1. The number of hydrogen-bond acceptors (Lipinski definition) is 2. The summed E-state index contributed by atoms with van der Waals surface area (Å²) in [6.07, 6.45) is 1.50. The zero-order chi connectivity index (χ0) is 14.0. The third-order valence-corrected chi connectivity index (χ3v) is 3.51. The minimum atomic E-state index is -0.818. The van der Waals surface area contributed by atoms with Gasteiger partial charge in [0, 0.05) is 22.3 Å². The largest absolute Gasteiger partial charge is 0.388 e. The summed E-state index contributed by atoms with van der Waals surface area (Å²) in [6, 6.07) is 4.61. The number of aliphatic hydroxyl groups is 1. The molecule has 1 heterocycles. The van der Waals surface area contributed by atoms with Crippen molar-refractivity contribution in [3.8, 4) is 0 Å². The highest BCUT2D eigenvalue weighted by Crippen LogP contribution is 2.24. The van der Waals surface area contributed by atoms with E-state index < -0.39 is 5.60 Å². The Labute approximate surface area is 122 Å². The van der Waals surface area contributed by atoms with Crippen molar-refractivity contribution in [1.29, 1.82) is 0 Å². The molecule has 1 aromatic rings. The van der Waals surface area contributed by atoms with Crippen molar-refractivity contribution >= 4 is 34.9 Å². The normalized spacial score (nSPS) is 23.3. The minimum Gasteiger partial charge on any atom is -0.388 e. The number of nitrogens with zero attached hydrogens (tertiary/aromatic N) is 1. The summed E-state index contributed by atoms with van der Waals surface area (Å²) in [7, 11) is 0. The van der Waals surface area contributed by atoms with Gasteiger partial charge in [0.25, 0.3) is 0 Å². The summed E-state index contributed by atoms with van der Waals surface area (Å²) in [4.78, 5) is 13.7. The maximum atomic E-state index is 12.1. The number of hydrogen-bond donors (Lipinski definition) is 2. The molecule has 0 aromatic heterocycles. The van der Waals surface area contributed by atoms with Crippen molar-refractivity contribution in [3.63, 3.8) is 0 Å². The lowest BCUT2D eigenvalue weighted by molar-refractivity contribution is -0.000634. The Bertz CT molecular complexity index is 471. The number of anilines is 1. The van der Waals surface area contributed by atoms with Crippen LogP contribution in [0.25, 0.3) is 0 Å². The minimum absolute atomic E-state index is 0.252. The third-order valence-electron chi connectivity index (χ3n) is 3.08. The van der Waals surface area contributed by atoms with E-state index in [1.54, 1.807) is 30.0 Å². The highest BCUT2D eigenvalue weighted by Gasteiger charge is 2.30. The molecule has 1 fully saturated rings. The van der Waals surface area contributed by atoms with Crippen LogP contribution in [0, 0.1) is 0 Å². The zero-order valence-electron chi connectivity index (χ0n) is 10.6. The van der Waals surface area contributed by atoms with E-state index in [0.29, 0.717) is 35.2 Å². The van der Waals surface area contributed by atoms with E-state index in [1.807, 2.05) is 0 Å². The fourth-order valence-electron chi connectivity index (χ4n) is 2.22. The van der Waals surface area contributed by atoms with E-state index in [0.717, 1.165) is 6.42 Å². The molecule has 0 bridgehead atoms. The van der Waals surface area contributed by atoms with Crippen LogP contribution in [0.2, 0.25) is 10.0 Å². The van der Waals surface area contributed by atoms with Gasteiger partial charge < -0.3 is 15.3 Å². The first-order valence-electron chi connectivity index (χ1n) is 6.10. The van der Waals surface area contributed by atoms with Gasteiger partial charge >= 0.3 is 6.03 Å². The summed E-state index contributed by atoms with van der Waals surface area (Å²) >= 11 is 11.8. The number of piperidine rings is 1. The van der Waals surface area contributed by atoms with Gasteiger partial charge in [-0.1, -0.05) is 23.2 Å². The first kappa shape index (κ1) is 14.4. The fourth-order valence-corrected chi connectivity index (χ4v) is 2.75. The molecule has 0 aliphatic carbocycles. The molecule has 19 heavy (non-hydrogen) atoms. The van der Waals surface area contributed by atoms with Gasteiger partial charge in [0.1, 0.15) is 0 Å². The number of urea groups is 1. The number of carbonyl (C=O) groups excluding carboxylic acids is 1. The van der Waals surface area contributed by atoms with Crippen LogP contribution in [0.4, 0.5) is 10.5 Å². The van der Waals surface area contributed by atoms with Crippen LogP contribution in [0.5, 0.6) is 0 Å². The van der Waals surface area contributed by atoms with E-state index in [1.165, 1.54) is 0 Å². The Balaban J connectivity index is 2.04. The maximum absolute atomic E-state index is 12.1. The van der Waals surface area contributed by atoms with Crippen LogP contribution in [-0.4, -0.2) is 34.7 Å². The Morgan fingerprint density at radius 3 is 2.58 bits per heavy atom. The Hall–Kier alpha value is -0.970. The SMILES string of the molecule is CC1(O)CCCN(C(=O)Nc2cc(Cl)cc(Cl)c2)C1. The number of rotatable bonds is 1. The van der Waals surface area contributed by atoms with Gasteiger partial charge in [0.15, 0.2) is 0 Å². The van der Waals surface area contributed by atoms with Gasteiger partial charge in [-0.15, -0.1) is 0 Å². The van der Waals surface area contributed by atoms with Gasteiger partial charge in [0.05, 0.1) is 12.1 Å². The highest BCUT2D eigenvalue weighted by molar-refractivity contribution is 6.35. The third kappa shape index (κ3) is 4.00. The quantitative estimate of drug-likeness (QED) is 0.835. The molecule has 4 nitrogen and oxygen atoms in total. The van der Waals surface area contributed by atoms with Gasteiger partial charge in [-0.3, -0.25) is 0 Å². The molecule has 1 aromatic carbocycles. The molecule has 1 atom stereocenters. The molecule has 0 saturated carbocycles. The van der Waals surface area contributed by atoms with Crippen LogP contribution >= 0.6 is 23.2 Å². The smallest absolute Gasteiger partial charge is 0.321 e. The van der Waals surface area contributed by atoms with E-state index in [-0.39, 0.29) is 6.03 Å². The molecule has 1 unspecified atom stereocenters. The first-order valence-corrected chi connectivity index (χ1v) is 6.86. The Morgan fingerprint density at radius 2 is 2.00 bits per heavy atom. The molecule has 1 saturated heterocycles. The van der Waals surface area contributed by atoms with Crippen molar-refractivity contribution in [2.45, 2.75) is 25.4 Å². The molecule has 0 spiro atoms. The van der Waals surface area contributed by atoms with Crippen molar-refractivity contribution in [1.82, 2.24) is 4.90 Å². The Kier molecular flexibility index (Phi) is 4.23. The molecule has 1 aliphatic heterocycles. The maximum Gasteiger partial charge on any atom is 0.321 e. The number of amides is 2. The summed E-state index contributed by atoms with van der Waals surface area (Å²) in [5.74, 6) is 0.